The van der Waals surface area contributed by atoms with Crippen LogP contribution in [0.15, 0.2) is 54.6 Å². The predicted octanol–water partition coefficient (Wildman–Crippen LogP) is 4.84. The molecule has 0 aliphatic heterocycles. The van der Waals surface area contributed by atoms with E-state index < -0.39 is 5.97 Å². The maximum Gasteiger partial charge on any atom is 0.373 e. The zero-order chi connectivity index (χ0) is 15.6. The lowest BCUT2D eigenvalue weighted by Crippen LogP contribution is -2.06. The number of carbonyl (C=O) groups excluding carboxylic acids is 1. The van der Waals surface area contributed by atoms with Gasteiger partial charge in [0.2, 0.25) is 0 Å². The Morgan fingerprint density at radius 1 is 0.864 bits per heavy atom. The van der Waals surface area contributed by atoms with Gasteiger partial charge in [-0.1, -0.05) is 68.7 Å². The van der Waals surface area contributed by atoms with Crippen LogP contribution in [0.5, 0.6) is 0 Å². The summed E-state index contributed by atoms with van der Waals surface area (Å²) >= 11 is 0. The van der Waals surface area contributed by atoms with Crippen LogP contribution in [0.25, 0.3) is 11.1 Å². The Kier molecular flexibility index (Phi) is 6.65. The third-order valence-corrected chi connectivity index (χ3v) is 3.34. The van der Waals surface area contributed by atoms with Crippen molar-refractivity contribution in [2.75, 3.05) is 6.61 Å². The van der Waals surface area contributed by atoms with Crippen molar-refractivity contribution >= 4 is 5.97 Å². The summed E-state index contributed by atoms with van der Waals surface area (Å²) in [6.45, 7) is 4.20. The molecule has 0 atom stereocenters. The van der Waals surface area contributed by atoms with Crippen molar-refractivity contribution in [3.63, 3.8) is 0 Å². The van der Waals surface area contributed by atoms with Gasteiger partial charge in [-0.25, -0.2) is 4.79 Å². The van der Waals surface area contributed by atoms with Gasteiger partial charge >= 0.3 is 5.97 Å². The molecule has 0 unspecified atom stereocenters. The van der Waals surface area contributed by atoms with Crippen molar-refractivity contribution in [1.29, 1.82) is 0 Å². The summed E-state index contributed by atoms with van der Waals surface area (Å²) in [5.74, 6) is -0.461. The van der Waals surface area contributed by atoms with Crippen LogP contribution in [0, 0.1) is 6.92 Å². The monoisotopic (exact) mass is 297 g/mol. The minimum Gasteiger partial charge on any atom is -0.293 e. The first-order valence-corrected chi connectivity index (χ1v) is 7.60. The first kappa shape index (κ1) is 16.2. The highest BCUT2D eigenvalue weighted by atomic mass is 17.2. The second-order valence-electron chi connectivity index (χ2n) is 5.05. The first-order chi connectivity index (χ1) is 10.8. The Balaban J connectivity index is 1.81. The lowest BCUT2D eigenvalue weighted by atomic mass is 10.0. The van der Waals surface area contributed by atoms with Gasteiger partial charge in [-0.3, -0.25) is 4.89 Å². The van der Waals surface area contributed by atoms with E-state index in [2.05, 4.69) is 6.92 Å². The SMILES string of the molecule is [CH2]CCCCCOOC(=O)c1ccc(-c2ccccc2)cc1. The van der Waals surface area contributed by atoms with Crippen molar-refractivity contribution < 1.29 is 14.6 Å². The molecule has 0 amide bonds. The fraction of sp³-hybridized carbons (Fsp3) is 0.263. The van der Waals surface area contributed by atoms with E-state index in [0.717, 1.165) is 36.8 Å². The standard InChI is InChI=1S/C19H21O3/c1-2-3-4-8-15-21-22-19(20)18-13-11-17(12-14-18)16-9-6-5-7-10-16/h5-7,9-14H,1-4,8,15H2. The van der Waals surface area contributed by atoms with Gasteiger partial charge in [0.1, 0.15) is 0 Å². The molecule has 22 heavy (non-hydrogen) atoms. The lowest BCUT2D eigenvalue weighted by Gasteiger charge is -2.05. The smallest absolute Gasteiger partial charge is 0.293 e. The molecule has 0 N–H and O–H groups in total. The van der Waals surface area contributed by atoms with Crippen LogP contribution >= 0.6 is 0 Å². The molecule has 0 aliphatic carbocycles. The Hall–Kier alpha value is -2.13. The molecule has 0 saturated heterocycles. The maximum absolute atomic E-state index is 11.8. The van der Waals surface area contributed by atoms with E-state index in [1.807, 2.05) is 42.5 Å². The highest BCUT2D eigenvalue weighted by Gasteiger charge is 2.08. The zero-order valence-electron chi connectivity index (χ0n) is 12.7. The van der Waals surface area contributed by atoms with Crippen LogP contribution in [-0.2, 0) is 9.78 Å². The van der Waals surface area contributed by atoms with Gasteiger partial charge in [-0.15, -0.1) is 0 Å². The summed E-state index contributed by atoms with van der Waals surface area (Å²) in [6.07, 6.45) is 3.90. The Morgan fingerprint density at radius 2 is 1.55 bits per heavy atom. The van der Waals surface area contributed by atoms with E-state index in [4.69, 9.17) is 9.78 Å². The van der Waals surface area contributed by atoms with E-state index in [1.165, 1.54) is 0 Å². The molecular weight excluding hydrogens is 276 g/mol. The van der Waals surface area contributed by atoms with Crippen LogP contribution in [0.2, 0.25) is 0 Å². The fourth-order valence-electron chi connectivity index (χ4n) is 2.09. The molecule has 115 valence electrons. The number of hydrogen-bond acceptors (Lipinski definition) is 3. The average Bonchev–Trinajstić information content (AvgIpc) is 2.59. The molecule has 0 saturated carbocycles. The van der Waals surface area contributed by atoms with E-state index in [-0.39, 0.29) is 0 Å². The van der Waals surface area contributed by atoms with Gasteiger partial charge in [0.05, 0.1) is 12.2 Å². The number of rotatable bonds is 8. The topological polar surface area (TPSA) is 35.5 Å². The van der Waals surface area contributed by atoms with Crippen molar-refractivity contribution in [2.45, 2.75) is 25.7 Å². The lowest BCUT2D eigenvalue weighted by molar-refractivity contribution is -0.241. The number of unbranched alkanes of at least 4 members (excludes halogenated alkanes) is 3. The Morgan fingerprint density at radius 3 is 2.23 bits per heavy atom. The van der Waals surface area contributed by atoms with Gasteiger partial charge in [-0.2, -0.15) is 4.89 Å². The number of carbonyl (C=O) groups is 1. The quantitative estimate of drug-likeness (QED) is 0.397. The molecule has 0 aromatic heterocycles. The van der Waals surface area contributed by atoms with Crippen LogP contribution in [0.1, 0.15) is 36.0 Å². The van der Waals surface area contributed by atoms with Gasteiger partial charge in [0.15, 0.2) is 0 Å². The van der Waals surface area contributed by atoms with Crippen molar-refractivity contribution in [1.82, 2.24) is 0 Å². The molecular formula is C19H21O3. The molecule has 0 spiro atoms. The maximum atomic E-state index is 11.8. The normalized spacial score (nSPS) is 10.4. The summed E-state index contributed by atoms with van der Waals surface area (Å²) in [4.78, 5) is 21.6. The first-order valence-electron chi connectivity index (χ1n) is 7.60. The predicted molar refractivity (Wildman–Crippen MR) is 87.1 cm³/mol. The molecule has 3 heteroatoms. The van der Waals surface area contributed by atoms with Gasteiger partial charge in [0, 0.05) is 0 Å². The van der Waals surface area contributed by atoms with Gasteiger partial charge in [-0.05, 0) is 29.7 Å². The van der Waals surface area contributed by atoms with E-state index in [0.29, 0.717) is 12.2 Å². The van der Waals surface area contributed by atoms with Crippen LogP contribution in [0.4, 0.5) is 0 Å². The largest absolute Gasteiger partial charge is 0.373 e. The number of hydrogen-bond donors (Lipinski definition) is 0. The van der Waals surface area contributed by atoms with E-state index in [9.17, 15) is 4.79 Å². The summed E-state index contributed by atoms with van der Waals surface area (Å²) in [7, 11) is 0. The average molecular weight is 297 g/mol. The third kappa shape index (κ3) is 5.01. The molecule has 0 aliphatic rings. The third-order valence-electron chi connectivity index (χ3n) is 3.34. The van der Waals surface area contributed by atoms with Crippen LogP contribution in [0.3, 0.4) is 0 Å². The molecule has 0 fully saturated rings. The highest BCUT2D eigenvalue weighted by Crippen LogP contribution is 2.19. The number of benzene rings is 2. The molecule has 3 nitrogen and oxygen atoms in total. The van der Waals surface area contributed by atoms with Crippen molar-refractivity contribution in [2.24, 2.45) is 0 Å². The van der Waals surface area contributed by atoms with E-state index >= 15 is 0 Å². The minimum absolute atomic E-state index is 0.424. The summed E-state index contributed by atoms with van der Waals surface area (Å²) in [5, 5.41) is 0. The minimum atomic E-state index is -0.461. The van der Waals surface area contributed by atoms with Crippen LogP contribution in [-0.4, -0.2) is 12.6 Å². The van der Waals surface area contributed by atoms with Gasteiger partial charge in [0.25, 0.3) is 0 Å². The molecule has 0 heterocycles. The molecule has 2 aromatic rings. The van der Waals surface area contributed by atoms with E-state index in [1.54, 1.807) is 12.1 Å². The summed E-state index contributed by atoms with van der Waals surface area (Å²) < 4.78 is 0. The zero-order valence-corrected chi connectivity index (χ0v) is 12.7. The summed E-state index contributed by atoms with van der Waals surface area (Å²) in [6, 6.07) is 17.3. The summed E-state index contributed by atoms with van der Waals surface area (Å²) in [5.41, 5.74) is 2.66. The second kappa shape index (κ2) is 9.00. The van der Waals surface area contributed by atoms with Crippen molar-refractivity contribution in [3.8, 4) is 11.1 Å². The van der Waals surface area contributed by atoms with Crippen LogP contribution < -0.4 is 0 Å². The molecule has 2 aromatic carbocycles. The molecule has 2 rings (SSSR count). The van der Waals surface area contributed by atoms with Crippen molar-refractivity contribution in [3.05, 3.63) is 67.1 Å². The second-order valence-corrected chi connectivity index (χ2v) is 5.05. The van der Waals surface area contributed by atoms with Gasteiger partial charge < -0.3 is 0 Å². The molecule has 0 bridgehead atoms. The Labute approximate surface area is 131 Å². The fourth-order valence-corrected chi connectivity index (χ4v) is 2.09. The molecule has 1 radical (unpaired) electrons. The Bertz CT molecular complexity index is 561. The highest BCUT2D eigenvalue weighted by molar-refractivity contribution is 5.89.